The van der Waals surface area contributed by atoms with Crippen LogP contribution in [0.1, 0.15) is 159 Å². The maximum atomic E-state index is 13.3. The fourth-order valence-electron chi connectivity index (χ4n) is 5.69. The number of rotatable bonds is 26. The van der Waals surface area contributed by atoms with E-state index in [9.17, 15) is 28.8 Å². The van der Waals surface area contributed by atoms with Gasteiger partial charge < -0.3 is 11.5 Å². The number of hydrogen-bond donors (Lipinski definition) is 2. The third kappa shape index (κ3) is 13.3. The Balaban J connectivity index is 1.92. The van der Waals surface area contributed by atoms with Crippen LogP contribution in [0.3, 0.4) is 0 Å². The van der Waals surface area contributed by atoms with Crippen molar-refractivity contribution in [3.8, 4) is 0 Å². The second-order valence-electron chi connectivity index (χ2n) is 11.8. The summed E-state index contributed by atoms with van der Waals surface area (Å²) in [6.45, 7) is 0. The minimum Gasteiger partial charge on any atom is -0.370 e. The Morgan fingerprint density at radius 1 is 0.477 bits per heavy atom. The predicted molar refractivity (Wildman–Crippen MR) is 173 cm³/mol. The van der Waals surface area contributed by atoms with Gasteiger partial charge in [-0.2, -0.15) is 0 Å². The van der Waals surface area contributed by atoms with Crippen molar-refractivity contribution in [2.75, 3.05) is 0 Å². The summed E-state index contributed by atoms with van der Waals surface area (Å²) < 4.78 is 0. The summed E-state index contributed by atoms with van der Waals surface area (Å²) in [5, 5.41) is 0.887. The zero-order valence-electron chi connectivity index (χ0n) is 26.1. The Kier molecular flexibility index (Phi) is 17.5. The molecule has 8 nitrogen and oxygen atoms in total. The smallest absolute Gasteiger partial charge is 0.277 e. The lowest BCUT2D eigenvalue weighted by Gasteiger charge is -2.13. The molecule has 2 amide bonds. The lowest BCUT2D eigenvalue weighted by Crippen LogP contribution is -2.09. The number of carbonyl (C=O) groups is 5. The van der Waals surface area contributed by atoms with Gasteiger partial charge in [-0.3, -0.25) is 28.8 Å². The van der Waals surface area contributed by atoms with Gasteiger partial charge in [-0.05, 0) is 31.1 Å². The molecule has 1 radical (unpaired) electrons. The lowest BCUT2D eigenvalue weighted by molar-refractivity contribution is -0.119. The Morgan fingerprint density at radius 2 is 0.864 bits per heavy atom. The monoisotopic (exact) mass is 605 g/mol. The molecule has 8 heteroatoms. The summed E-state index contributed by atoms with van der Waals surface area (Å²) in [6, 6.07) is 8.20. The predicted octanol–water partition coefficient (Wildman–Crippen LogP) is 7.27. The third-order valence-electron chi connectivity index (χ3n) is 8.13. The average molecular weight is 606 g/mol. The van der Waals surface area contributed by atoms with Crippen LogP contribution in [0.4, 0.5) is 0 Å². The van der Waals surface area contributed by atoms with Crippen LogP contribution in [0.5, 0.6) is 0 Å². The molecule has 4 N–H and O–H groups in total. The molecule has 0 fully saturated rings. The number of primary amides is 2. The molecule has 239 valence electrons. The van der Waals surface area contributed by atoms with Crippen LogP contribution in [0, 0.1) is 0 Å². The van der Waals surface area contributed by atoms with Crippen molar-refractivity contribution in [2.24, 2.45) is 11.5 Å². The van der Waals surface area contributed by atoms with Crippen molar-refractivity contribution in [2.45, 2.75) is 128 Å². The van der Waals surface area contributed by atoms with Crippen molar-refractivity contribution >= 4 is 46.2 Å². The van der Waals surface area contributed by atoms with Crippen LogP contribution >= 0.6 is 0 Å². The first-order valence-corrected chi connectivity index (χ1v) is 16.4. The van der Waals surface area contributed by atoms with Crippen LogP contribution in [-0.2, 0) is 14.4 Å². The van der Waals surface area contributed by atoms with Crippen LogP contribution in [0.2, 0.25) is 0 Å². The number of ketones is 3. The molecule has 0 heterocycles. The van der Waals surface area contributed by atoms with Gasteiger partial charge in [0.2, 0.25) is 17.6 Å². The molecule has 0 aliphatic rings. The standard InChI is InChI=1S/C36H49N2O6/c37-34(43)22-15-11-7-3-1-5-9-13-20-31(40)27-24-25-30(36-28(27)18-17-19-29(36)33(42)26-39)32(41)21-14-10-6-2-4-8-12-16-23-35(38)44/h17-19,24-25H,1-16,20-23H2,(H2,37,43)(H2,38,44). The summed E-state index contributed by atoms with van der Waals surface area (Å²) in [5.41, 5.74) is 11.2. The van der Waals surface area contributed by atoms with E-state index in [1.54, 1.807) is 24.3 Å². The number of Topliss-reactive ketones (excluding diaryl/α,β-unsaturated/α-hetero) is 3. The van der Waals surface area contributed by atoms with Gasteiger partial charge in [0, 0.05) is 47.8 Å². The van der Waals surface area contributed by atoms with Gasteiger partial charge in [0.1, 0.15) is 0 Å². The first kappa shape index (κ1) is 36.5. The van der Waals surface area contributed by atoms with Gasteiger partial charge >= 0.3 is 0 Å². The molecule has 0 aromatic heterocycles. The van der Waals surface area contributed by atoms with E-state index in [0.29, 0.717) is 54.0 Å². The molecule has 0 saturated heterocycles. The van der Waals surface area contributed by atoms with Crippen molar-refractivity contribution in [1.29, 1.82) is 0 Å². The highest BCUT2D eigenvalue weighted by atomic mass is 16.2. The van der Waals surface area contributed by atoms with Gasteiger partial charge in [0.05, 0.1) is 0 Å². The highest BCUT2D eigenvalue weighted by Crippen LogP contribution is 2.30. The third-order valence-corrected chi connectivity index (χ3v) is 8.13. The lowest BCUT2D eigenvalue weighted by atomic mass is 9.89. The molecule has 0 bridgehead atoms. The second kappa shape index (κ2) is 21.1. The molecule has 0 saturated carbocycles. The molecule has 0 spiro atoms. The van der Waals surface area contributed by atoms with Crippen LogP contribution in [-0.4, -0.2) is 35.5 Å². The number of carbonyl (C=O) groups excluding carboxylic acids is 6. The molecule has 44 heavy (non-hydrogen) atoms. The van der Waals surface area contributed by atoms with E-state index in [-0.39, 0.29) is 28.9 Å². The summed E-state index contributed by atoms with van der Waals surface area (Å²) >= 11 is 0. The molecule has 0 atom stereocenters. The topological polar surface area (TPSA) is 154 Å². The van der Waals surface area contributed by atoms with Gasteiger partial charge in [0.25, 0.3) is 6.29 Å². The highest BCUT2D eigenvalue weighted by molar-refractivity contribution is 6.38. The zero-order chi connectivity index (χ0) is 32.2. The average Bonchev–Trinajstić information content (AvgIpc) is 3.01. The molecule has 2 aromatic rings. The van der Waals surface area contributed by atoms with E-state index in [0.717, 1.165) is 96.3 Å². The Labute approximate surface area is 261 Å². The number of hydrogen-bond acceptors (Lipinski definition) is 6. The number of fused-ring (bicyclic) bond motifs is 1. The Morgan fingerprint density at radius 3 is 1.30 bits per heavy atom. The summed E-state index contributed by atoms with van der Waals surface area (Å²) in [7, 11) is 0. The molecule has 0 aliphatic heterocycles. The number of nitrogens with two attached hydrogens (primary N) is 2. The van der Waals surface area contributed by atoms with E-state index < -0.39 is 5.78 Å². The van der Waals surface area contributed by atoms with E-state index in [1.165, 1.54) is 12.4 Å². The molecular formula is C36H49N2O6. The minimum absolute atomic E-state index is 0.0465. The van der Waals surface area contributed by atoms with E-state index >= 15 is 0 Å². The first-order valence-electron chi connectivity index (χ1n) is 16.4. The normalized spacial score (nSPS) is 11.0. The highest BCUT2D eigenvalue weighted by Gasteiger charge is 2.21. The quantitative estimate of drug-likeness (QED) is 0.0653. The van der Waals surface area contributed by atoms with Crippen LogP contribution in [0.15, 0.2) is 30.3 Å². The van der Waals surface area contributed by atoms with E-state index in [1.807, 2.05) is 0 Å². The van der Waals surface area contributed by atoms with Crippen molar-refractivity contribution in [3.05, 3.63) is 47.0 Å². The summed E-state index contributed by atoms with van der Waals surface area (Å²) in [5.74, 6) is -1.50. The molecule has 2 aromatic carbocycles. The molecule has 2 rings (SSSR count). The van der Waals surface area contributed by atoms with Gasteiger partial charge in [-0.15, -0.1) is 0 Å². The Hall–Kier alpha value is -3.68. The van der Waals surface area contributed by atoms with Gasteiger partial charge in [0.15, 0.2) is 11.6 Å². The Bertz CT molecular complexity index is 1270. The summed E-state index contributed by atoms with van der Waals surface area (Å²) in [4.78, 5) is 71.9. The largest absolute Gasteiger partial charge is 0.370 e. The number of unbranched alkanes of at least 4 members (excludes halogenated alkanes) is 14. The summed E-state index contributed by atoms with van der Waals surface area (Å²) in [6.07, 6.45) is 18.5. The van der Waals surface area contributed by atoms with Crippen LogP contribution in [0.25, 0.3) is 10.8 Å². The van der Waals surface area contributed by atoms with Crippen molar-refractivity contribution < 1.29 is 28.8 Å². The van der Waals surface area contributed by atoms with Crippen molar-refractivity contribution in [3.63, 3.8) is 0 Å². The number of benzene rings is 2. The maximum absolute atomic E-state index is 13.3. The number of amides is 2. The van der Waals surface area contributed by atoms with E-state index in [2.05, 4.69) is 0 Å². The molecular weight excluding hydrogens is 556 g/mol. The maximum Gasteiger partial charge on any atom is 0.277 e. The molecule has 0 aliphatic carbocycles. The SMILES string of the molecule is NC(=O)CCCCCCCCCCC(=O)c1ccc(C(=O)CCCCCCCCCCC(N)=O)c2c(C(=O)[C]=O)cccc12. The van der Waals surface area contributed by atoms with Crippen LogP contribution < -0.4 is 11.5 Å². The molecule has 0 unspecified atom stereocenters. The second-order valence-corrected chi connectivity index (χ2v) is 11.8. The fourth-order valence-corrected chi connectivity index (χ4v) is 5.69. The fraction of sp³-hybridized carbons (Fsp3) is 0.556. The van der Waals surface area contributed by atoms with E-state index in [4.69, 9.17) is 11.5 Å². The van der Waals surface area contributed by atoms with Crippen molar-refractivity contribution in [1.82, 2.24) is 0 Å². The zero-order valence-corrected chi connectivity index (χ0v) is 26.1. The first-order chi connectivity index (χ1) is 21.3. The minimum atomic E-state index is -0.834. The van der Waals surface area contributed by atoms with Gasteiger partial charge in [-0.25, -0.2) is 0 Å². The van der Waals surface area contributed by atoms with Gasteiger partial charge in [-0.1, -0.05) is 107 Å².